The fourth-order valence-electron chi connectivity index (χ4n) is 2.08. The van der Waals surface area contributed by atoms with E-state index in [1.807, 2.05) is 25.7 Å². The highest BCUT2D eigenvalue weighted by molar-refractivity contribution is 5.79. The van der Waals surface area contributed by atoms with Gasteiger partial charge < -0.3 is 10.4 Å². The monoisotopic (exact) mass is 242 g/mol. The fourth-order valence-corrected chi connectivity index (χ4v) is 2.08. The fraction of sp³-hybridized carbons (Fsp3) is 0.833. The molecular formula is C12H22N2O3. The maximum atomic E-state index is 12.0. The Labute approximate surface area is 102 Å². The van der Waals surface area contributed by atoms with Crippen LogP contribution < -0.4 is 5.32 Å². The molecule has 0 spiro atoms. The Morgan fingerprint density at radius 1 is 1.41 bits per heavy atom. The molecule has 0 radical (unpaired) electrons. The highest BCUT2D eigenvalue weighted by Gasteiger charge is 2.28. The third kappa shape index (κ3) is 5.17. The van der Waals surface area contributed by atoms with E-state index in [9.17, 15) is 9.59 Å². The van der Waals surface area contributed by atoms with Crippen molar-refractivity contribution in [2.45, 2.75) is 39.2 Å². The molecule has 0 aromatic carbocycles. The van der Waals surface area contributed by atoms with Gasteiger partial charge >= 0.3 is 5.97 Å². The molecule has 1 saturated heterocycles. The van der Waals surface area contributed by atoms with Crippen molar-refractivity contribution in [2.75, 3.05) is 19.6 Å². The van der Waals surface area contributed by atoms with Crippen LogP contribution in [0.25, 0.3) is 0 Å². The molecule has 1 aliphatic rings. The van der Waals surface area contributed by atoms with E-state index in [0.717, 1.165) is 19.4 Å². The van der Waals surface area contributed by atoms with Gasteiger partial charge in [-0.05, 0) is 40.2 Å². The predicted octanol–water partition coefficient (Wildman–Crippen LogP) is 0.698. The molecule has 0 aliphatic carbocycles. The van der Waals surface area contributed by atoms with Gasteiger partial charge in [0.05, 0.1) is 12.5 Å². The molecule has 1 rings (SSSR count). The van der Waals surface area contributed by atoms with Gasteiger partial charge in [0.25, 0.3) is 0 Å². The summed E-state index contributed by atoms with van der Waals surface area (Å²) in [6.45, 7) is 7.19. The average Bonchev–Trinajstić information content (AvgIpc) is 2.14. The number of carboxylic acids is 1. The summed E-state index contributed by atoms with van der Waals surface area (Å²) in [5.74, 6) is -0.878. The summed E-state index contributed by atoms with van der Waals surface area (Å²) in [6.07, 6.45) is 1.73. The van der Waals surface area contributed by atoms with Gasteiger partial charge in [-0.15, -0.1) is 0 Å². The highest BCUT2D eigenvalue weighted by atomic mass is 16.4. The standard InChI is InChI=1S/C12H22N2O3/c1-12(2,3)13-11(17)9-5-4-6-14(7-9)8-10(15)16/h9H,4-8H2,1-3H3,(H,13,17)(H,15,16). The lowest BCUT2D eigenvalue weighted by Gasteiger charge is -2.32. The SMILES string of the molecule is CC(C)(C)NC(=O)C1CCCN(CC(=O)O)C1. The maximum absolute atomic E-state index is 12.0. The molecular weight excluding hydrogens is 220 g/mol. The summed E-state index contributed by atoms with van der Waals surface area (Å²) in [6, 6.07) is 0. The van der Waals surface area contributed by atoms with Gasteiger partial charge in [-0.1, -0.05) is 0 Å². The van der Waals surface area contributed by atoms with E-state index in [1.54, 1.807) is 0 Å². The number of nitrogens with zero attached hydrogens (tertiary/aromatic N) is 1. The number of carbonyl (C=O) groups excluding carboxylic acids is 1. The molecule has 1 amide bonds. The summed E-state index contributed by atoms with van der Waals surface area (Å²) < 4.78 is 0. The van der Waals surface area contributed by atoms with Crippen LogP contribution in [0.1, 0.15) is 33.6 Å². The second kappa shape index (κ2) is 5.49. The van der Waals surface area contributed by atoms with E-state index in [-0.39, 0.29) is 23.9 Å². The molecule has 1 aliphatic heterocycles. The van der Waals surface area contributed by atoms with Gasteiger partial charge in [0, 0.05) is 12.1 Å². The number of likely N-dealkylation sites (tertiary alicyclic amines) is 1. The number of piperidine rings is 1. The van der Waals surface area contributed by atoms with Crippen LogP contribution in [0.3, 0.4) is 0 Å². The molecule has 5 nitrogen and oxygen atoms in total. The second-order valence-electron chi connectivity index (χ2n) is 5.71. The molecule has 0 aromatic heterocycles. The zero-order valence-corrected chi connectivity index (χ0v) is 10.8. The van der Waals surface area contributed by atoms with Crippen molar-refractivity contribution in [2.24, 2.45) is 5.92 Å². The van der Waals surface area contributed by atoms with E-state index >= 15 is 0 Å². The van der Waals surface area contributed by atoms with E-state index in [2.05, 4.69) is 5.32 Å². The topological polar surface area (TPSA) is 69.6 Å². The molecule has 1 heterocycles. The Kier molecular flexibility index (Phi) is 4.51. The van der Waals surface area contributed by atoms with E-state index in [0.29, 0.717) is 6.54 Å². The van der Waals surface area contributed by atoms with Crippen molar-refractivity contribution in [3.8, 4) is 0 Å². The first-order chi connectivity index (χ1) is 7.78. The van der Waals surface area contributed by atoms with Crippen molar-refractivity contribution in [1.29, 1.82) is 0 Å². The smallest absolute Gasteiger partial charge is 0.317 e. The molecule has 0 bridgehead atoms. The third-order valence-electron chi connectivity index (χ3n) is 2.73. The molecule has 1 fully saturated rings. The van der Waals surface area contributed by atoms with Gasteiger partial charge in [-0.3, -0.25) is 14.5 Å². The van der Waals surface area contributed by atoms with Crippen LogP contribution in [0.2, 0.25) is 0 Å². The summed E-state index contributed by atoms with van der Waals surface area (Å²) >= 11 is 0. The summed E-state index contributed by atoms with van der Waals surface area (Å²) in [5.41, 5.74) is -0.230. The van der Waals surface area contributed by atoms with Crippen molar-refractivity contribution < 1.29 is 14.7 Å². The lowest BCUT2D eigenvalue weighted by atomic mass is 9.95. The first-order valence-electron chi connectivity index (χ1n) is 6.04. The lowest BCUT2D eigenvalue weighted by molar-refractivity contribution is -0.140. The number of hydrogen-bond donors (Lipinski definition) is 2. The number of carboxylic acid groups (broad SMARTS) is 1. The largest absolute Gasteiger partial charge is 0.480 e. The minimum absolute atomic E-state index is 0.0271. The average molecular weight is 242 g/mol. The lowest BCUT2D eigenvalue weighted by Crippen LogP contribution is -2.49. The normalized spacial score (nSPS) is 22.2. The first kappa shape index (κ1) is 14.0. The Balaban J connectivity index is 2.49. The Bertz CT molecular complexity index is 297. The van der Waals surface area contributed by atoms with E-state index < -0.39 is 5.97 Å². The van der Waals surface area contributed by atoms with Gasteiger partial charge in [0.15, 0.2) is 0 Å². The van der Waals surface area contributed by atoms with Crippen LogP contribution >= 0.6 is 0 Å². The predicted molar refractivity (Wildman–Crippen MR) is 64.7 cm³/mol. The molecule has 98 valence electrons. The molecule has 0 aromatic rings. The van der Waals surface area contributed by atoms with Crippen LogP contribution in [0.15, 0.2) is 0 Å². The van der Waals surface area contributed by atoms with Crippen molar-refractivity contribution in [3.63, 3.8) is 0 Å². The number of hydrogen-bond acceptors (Lipinski definition) is 3. The molecule has 0 saturated carbocycles. The van der Waals surface area contributed by atoms with Crippen LogP contribution in [0.5, 0.6) is 0 Å². The Morgan fingerprint density at radius 2 is 2.06 bits per heavy atom. The zero-order valence-electron chi connectivity index (χ0n) is 10.8. The third-order valence-corrected chi connectivity index (χ3v) is 2.73. The number of amides is 1. The van der Waals surface area contributed by atoms with Crippen LogP contribution in [-0.2, 0) is 9.59 Å². The quantitative estimate of drug-likeness (QED) is 0.764. The van der Waals surface area contributed by atoms with Crippen molar-refractivity contribution in [1.82, 2.24) is 10.2 Å². The molecule has 1 unspecified atom stereocenters. The van der Waals surface area contributed by atoms with Crippen molar-refractivity contribution in [3.05, 3.63) is 0 Å². The molecule has 17 heavy (non-hydrogen) atoms. The number of aliphatic carboxylic acids is 1. The second-order valence-corrected chi connectivity index (χ2v) is 5.71. The van der Waals surface area contributed by atoms with Crippen molar-refractivity contribution >= 4 is 11.9 Å². The molecule has 5 heteroatoms. The van der Waals surface area contributed by atoms with E-state index in [1.165, 1.54) is 0 Å². The number of carbonyl (C=O) groups is 2. The van der Waals surface area contributed by atoms with Gasteiger partial charge in [-0.25, -0.2) is 0 Å². The van der Waals surface area contributed by atoms with E-state index in [4.69, 9.17) is 5.11 Å². The summed E-state index contributed by atoms with van der Waals surface area (Å²) in [7, 11) is 0. The van der Waals surface area contributed by atoms with Gasteiger partial charge in [0.2, 0.25) is 5.91 Å². The van der Waals surface area contributed by atoms with Crippen LogP contribution in [0.4, 0.5) is 0 Å². The van der Waals surface area contributed by atoms with Gasteiger partial charge in [-0.2, -0.15) is 0 Å². The van der Waals surface area contributed by atoms with Crippen LogP contribution in [-0.4, -0.2) is 47.1 Å². The number of rotatable bonds is 3. The zero-order chi connectivity index (χ0) is 13.1. The minimum atomic E-state index is -0.832. The summed E-state index contributed by atoms with van der Waals surface area (Å²) in [4.78, 5) is 24.4. The summed E-state index contributed by atoms with van der Waals surface area (Å²) in [5, 5.41) is 11.7. The van der Waals surface area contributed by atoms with Gasteiger partial charge in [0.1, 0.15) is 0 Å². The highest BCUT2D eigenvalue weighted by Crippen LogP contribution is 2.17. The Hall–Kier alpha value is -1.10. The minimum Gasteiger partial charge on any atom is -0.480 e. The Morgan fingerprint density at radius 3 is 2.59 bits per heavy atom. The van der Waals surface area contributed by atoms with Crippen LogP contribution in [0, 0.1) is 5.92 Å². The molecule has 1 atom stereocenters. The first-order valence-corrected chi connectivity index (χ1v) is 6.04. The maximum Gasteiger partial charge on any atom is 0.317 e. The number of nitrogens with one attached hydrogen (secondary N) is 1. The molecule has 2 N–H and O–H groups in total.